The zero-order chi connectivity index (χ0) is 12.2. The molecule has 0 aromatic heterocycles. The summed E-state index contributed by atoms with van der Waals surface area (Å²) in [7, 11) is 0. The van der Waals surface area contributed by atoms with Crippen molar-refractivity contribution in [3.05, 3.63) is 48.0 Å². The lowest BCUT2D eigenvalue weighted by Crippen LogP contribution is -2.12. The molecule has 0 fully saturated rings. The summed E-state index contributed by atoms with van der Waals surface area (Å²) in [4.78, 5) is 0. The Morgan fingerprint density at radius 1 is 1.12 bits per heavy atom. The highest BCUT2D eigenvalue weighted by atomic mass is 16.5. The van der Waals surface area contributed by atoms with Crippen LogP contribution in [0.1, 0.15) is 25.3 Å². The average Bonchev–Trinajstić information content (AvgIpc) is 2.38. The maximum Gasteiger partial charge on any atom is 0.0717 e. The van der Waals surface area contributed by atoms with Crippen molar-refractivity contribution in [3.63, 3.8) is 0 Å². The van der Waals surface area contributed by atoms with Gasteiger partial charge in [0.15, 0.2) is 0 Å². The zero-order valence-corrected chi connectivity index (χ0v) is 10.7. The van der Waals surface area contributed by atoms with Crippen LogP contribution in [0.5, 0.6) is 0 Å². The number of benzene rings is 1. The summed E-state index contributed by atoms with van der Waals surface area (Å²) in [5, 5.41) is 3.29. The third kappa shape index (κ3) is 7.72. The molecule has 1 N–H and O–H groups in total. The van der Waals surface area contributed by atoms with E-state index in [0.29, 0.717) is 6.61 Å². The van der Waals surface area contributed by atoms with Crippen molar-refractivity contribution in [2.24, 2.45) is 0 Å². The van der Waals surface area contributed by atoms with Crippen LogP contribution in [0, 0.1) is 0 Å². The highest BCUT2D eigenvalue weighted by molar-refractivity contribution is 5.13. The van der Waals surface area contributed by atoms with Gasteiger partial charge in [-0.3, -0.25) is 0 Å². The maximum atomic E-state index is 5.58. The molecule has 0 aliphatic heterocycles. The Kier molecular flexibility index (Phi) is 8.25. The molecule has 2 nitrogen and oxygen atoms in total. The van der Waals surface area contributed by atoms with E-state index in [1.54, 1.807) is 0 Å². The van der Waals surface area contributed by atoms with Gasteiger partial charge in [-0.25, -0.2) is 0 Å². The summed E-state index contributed by atoms with van der Waals surface area (Å²) in [5.41, 5.74) is 1.24. The molecular formula is C15H23NO. The first-order valence-electron chi connectivity index (χ1n) is 6.41. The molecule has 0 amide bonds. The highest BCUT2D eigenvalue weighted by Gasteiger charge is 1.90. The van der Waals surface area contributed by atoms with Crippen LogP contribution >= 0.6 is 0 Å². The van der Waals surface area contributed by atoms with E-state index in [9.17, 15) is 0 Å². The van der Waals surface area contributed by atoms with Gasteiger partial charge in [0.25, 0.3) is 0 Å². The molecule has 2 heteroatoms. The molecule has 1 aromatic rings. The Labute approximate surface area is 105 Å². The fraction of sp³-hybridized carbons (Fsp3) is 0.467. The lowest BCUT2D eigenvalue weighted by atomic mass is 10.2. The third-order valence-corrected chi connectivity index (χ3v) is 2.44. The van der Waals surface area contributed by atoms with Crippen LogP contribution in [0.2, 0.25) is 0 Å². The molecule has 0 saturated heterocycles. The third-order valence-electron chi connectivity index (χ3n) is 2.44. The molecule has 0 aliphatic carbocycles. The predicted molar refractivity (Wildman–Crippen MR) is 73.0 cm³/mol. The van der Waals surface area contributed by atoms with E-state index in [2.05, 4.69) is 36.5 Å². The Morgan fingerprint density at radius 3 is 2.65 bits per heavy atom. The summed E-state index contributed by atoms with van der Waals surface area (Å²) < 4.78 is 5.58. The van der Waals surface area contributed by atoms with Crippen LogP contribution in [0.3, 0.4) is 0 Å². The quantitative estimate of drug-likeness (QED) is 0.522. The second-order valence-corrected chi connectivity index (χ2v) is 3.94. The summed E-state index contributed by atoms with van der Waals surface area (Å²) in [5.74, 6) is 0. The molecule has 0 heterocycles. The molecule has 0 atom stereocenters. The minimum absolute atomic E-state index is 0.714. The highest BCUT2D eigenvalue weighted by Crippen LogP contribution is 2.00. The van der Waals surface area contributed by atoms with Crippen LogP contribution in [-0.2, 0) is 11.3 Å². The van der Waals surface area contributed by atoms with Crippen molar-refractivity contribution in [3.8, 4) is 0 Å². The van der Waals surface area contributed by atoms with Gasteiger partial charge in [0.05, 0.1) is 13.2 Å². The smallest absolute Gasteiger partial charge is 0.0717 e. The van der Waals surface area contributed by atoms with Crippen molar-refractivity contribution in [2.75, 3.05) is 19.7 Å². The van der Waals surface area contributed by atoms with Crippen molar-refractivity contribution in [2.45, 2.75) is 26.4 Å². The second-order valence-electron chi connectivity index (χ2n) is 3.94. The van der Waals surface area contributed by atoms with E-state index in [4.69, 9.17) is 4.74 Å². The molecule has 1 rings (SSSR count). The van der Waals surface area contributed by atoms with Gasteiger partial charge in [-0.05, 0) is 31.5 Å². The van der Waals surface area contributed by atoms with Crippen molar-refractivity contribution >= 4 is 0 Å². The minimum Gasteiger partial charge on any atom is -0.376 e. The molecule has 0 spiro atoms. The number of hydrogen-bond acceptors (Lipinski definition) is 2. The Bertz CT molecular complexity index is 295. The topological polar surface area (TPSA) is 21.3 Å². The van der Waals surface area contributed by atoms with Crippen LogP contribution in [0.25, 0.3) is 0 Å². The van der Waals surface area contributed by atoms with Gasteiger partial charge >= 0.3 is 0 Å². The number of rotatable bonds is 9. The van der Waals surface area contributed by atoms with Crippen molar-refractivity contribution in [1.29, 1.82) is 0 Å². The Hall–Kier alpha value is -1.12. The SMILES string of the molecule is CCNCC/C=C/CCOCc1ccccc1. The van der Waals surface area contributed by atoms with Crippen LogP contribution in [0.4, 0.5) is 0 Å². The van der Waals surface area contributed by atoms with E-state index in [-0.39, 0.29) is 0 Å². The standard InChI is InChI=1S/C15H23NO/c1-2-16-12-8-3-4-9-13-17-14-15-10-6-5-7-11-15/h3-7,10-11,16H,2,8-9,12-14H2,1H3/b4-3+. The first kappa shape index (κ1) is 13.9. The van der Waals surface area contributed by atoms with Crippen molar-refractivity contribution < 1.29 is 4.74 Å². The largest absolute Gasteiger partial charge is 0.376 e. The summed E-state index contributed by atoms with van der Waals surface area (Å²) in [6.45, 7) is 5.76. The normalized spacial score (nSPS) is 11.1. The fourth-order valence-corrected chi connectivity index (χ4v) is 1.51. The number of ether oxygens (including phenoxy) is 1. The first-order valence-corrected chi connectivity index (χ1v) is 6.41. The van der Waals surface area contributed by atoms with E-state index in [1.165, 1.54) is 5.56 Å². The molecule has 0 radical (unpaired) electrons. The molecule has 17 heavy (non-hydrogen) atoms. The summed E-state index contributed by atoms with van der Waals surface area (Å²) >= 11 is 0. The van der Waals surface area contributed by atoms with Crippen LogP contribution in [0.15, 0.2) is 42.5 Å². The van der Waals surface area contributed by atoms with Gasteiger partial charge in [-0.1, -0.05) is 49.4 Å². The van der Waals surface area contributed by atoms with Crippen LogP contribution < -0.4 is 5.32 Å². The van der Waals surface area contributed by atoms with E-state index in [1.807, 2.05) is 18.2 Å². The molecule has 0 unspecified atom stereocenters. The summed E-state index contributed by atoms with van der Waals surface area (Å²) in [6, 6.07) is 10.3. The van der Waals surface area contributed by atoms with Gasteiger partial charge < -0.3 is 10.1 Å². The van der Waals surface area contributed by atoms with Gasteiger partial charge in [0.2, 0.25) is 0 Å². The Morgan fingerprint density at radius 2 is 1.88 bits per heavy atom. The monoisotopic (exact) mass is 233 g/mol. The lowest BCUT2D eigenvalue weighted by molar-refractivity contribution is 0.125. The predicted octanol–water partition coefficient (Wildman–Crippen LogP) is 3.15. The lowest BCUT2D eigenvalue weighted by Gasteiger charge is -2.02. The first-order chi connectivity index (χ1) is 8.43. The molecular weight excluding hydrogens is 210 g/mol. The van der Waals surface area contributed by atoms with E-state index in [0.717, 1.165) is 32.5 Å². The molecule has 0 bridgehead atoms. The second kappa shape index (κ2) is 10.1. The van der Waals surface area contributed by atoms with E-state index >= 15 is 0 Å². The van der Waals surface area contributed by atoms with Gasteiger partial charge in [0, 0.05) is 0 Å². The Balaban J connectivity index is 1.94. The van der Waals surface area contributed by atoms with Crippen LogP contribution in [-0.4, -0.2) is 19.7 Å². The van der Waals surface area contributed by atoms with Gasteiger partial charge in [-0.15, -0.1) is 0 Å². The summed E-state index contributed by atoms with van der Waals surface area (Å²) in [6.07, 6.45) is 6.52. The average molecular weight is 233 g/mol. The minimum atomic E-state index is 0.714. The molecule has 1 aromatic carbocycles. The van der Waals surface area contributed by atoms with E-state index < -0.39 is 0 Å². The fourth-order valence-electron chi connectivity index (χ4n) is 1.51. The maximum absolute atomic E-state index is 5.58. The van der Waals surface area contributed by atoms with Gasteiger partial charge in [-0.2, -0.15) is 0 Å². The zero-order valence-electron chi connectivity index (χ0n) is 10.7. The van der Waals surface area contributed by atoms with Crippen molar-refractivity contribution in [1.82, 2.24) is 5.32 Å². The number of hydrogen-bond donors (Lipinski definition) is 1. The molecule has 0 aliphatic rings. The van der Waals surface area contributed by atoms with Gasteiger partial charge in [0.1, 0.15) is 0 Å². The molecule has 94 valence electrons. The molecule has 0 saturated carbocycles. The number of nitrogens with one attached hydrogen (secondary N) is 1.